The number of hydrogen-bond acceptors (Lipinski definition) is 4. The number of fused-ring (bicyclic) bond motifs is 1. The highest BCUT2D eigenvalue weighted by Crippen LogP contribution is 2.18. The van der Waals surface area contributed by atoms with Gasteiger partial charge in [0.1, 0.15) is 10.7 Å². The summed E-state index contributed by atoms with van der Waals surface area (Å²) in [6.45, 7) is 1.92. The molecule has 0 saturated carbocycles. The van der Waals surface area contributed by atoms with Crippen molar-refractivity contribution in [1.29, 1.82) is 0 Å². The third-order valence-corrected chi connectivity index (χ3v) is 5.72. The van der Waals surface area contributed by atoms with E-state index in [1.54, 1.807) is 34.9 Å². The van der Waals surface area contributed by atoms with E-state index in [0.29, 0.717) is 16.2 Å². The maximum Gasteiger partial charge on any atom is 0.284 e. The van der Waals surface area contributed by atoms with Crippen molar-refractivity contribution in [2.75, 3.05) is 6.26 Å². The summed E-state index contributed by atoms with van der Waals surface area (Å²) in [6.07, 6.45) is 3.65. The molecule has 0 radical (unpaired) electrons. The minimum Gasteiger partial charge on any atom is -0.284 e. The first kappa shape index (κ1) is 17.2. The number of aryl methyl sites for hydroxylation is 1. The Morgan fingerprint density at radius 1 is 1.21 bits per heavy atom. The Bertz CT molecular complexity index is 1080. The number of hydrogen-bond donors (Lipinski definition) is 0. The van der Waals surface area contributed by atoms with E-state index in [1.165, 1.54) is 23.9 Å². The van der Waals surface area contributed by atoms with E-state index >= 15 is 0 Å². The molecule has 24 heavy (non-hydrogen) atoms. The Hall–Kier alpha value is -1.64. The van der Waals surface area contributed by atoms with E-state index in [4.69, 9.17) is 0 Å². The normalized spacial score (nSPS) is 12.7. The van der Waals surface area contributed by atoms with Gasteiger partial charge in [-0.2, -0.15) is 8.42 Å². The zero-order chi connectivity index (χ0) is 17.3. The second-order valence-corrected chi connectivity index (χ2v) is 8.42. The molecule has 0 amide bonds. The van der Waals surface area contributed by atoms with E-state index in [-0.39, 0.29) is 4.90 Å². The SMILES string of the molecule is CSc1cc(=NS(=O)(=O)c2ccccc2)n2cc(Br)cc(C)c2n1. The largest absolute Gasteiger partial charge is 0.284 e. The first-order valence-corrected chi connectivity index (χ1v) is 10.5. The average Bonchev–Trinajstić information content (AvgIpc) is 2.56. The van der Waals surface area contributed by atoms with Crippen LogP contribution >= 0.6 is 27.7 Å². The van der Waals surface area contributed by atoms with Crippen LogP contribution in [-0.2, 0) is 10.0 Å². The molecule has 0 atom stereocenters. The molecule has 124 valence electrons. The van der Waals surface area contributed by atoms with Crippen LogP contribution in [0.4, 0.5) is 0 Å². The topological polar surface area (TPSA) is 63.8 Å². The van der Waals surface area contributed by atoms with Crippen molar-refractivity contribution in [3.8, 4) is 0 Å². The van der Waals surface area contributed by atoms with Crippen LogP contribution in [0.3, 0.4) is 0 Å². The van der Waals surface area contributed by atoms with Gasteiger partial charge in [0.25, 0.3) is 10.0 Å². The van der Waals surface area contributed by atoms with Gasteiger partial charge in [0.2, 0.25) is 0 Å². The van der Waals surface area contributed by atoms with Crippen molar-refractivity contribution in [1.82, 2.24) is 9.38 Å². The molecule has 0 aliphatic rings. The van der Waals surface area contributed by atoms with Crippen molar-refractivity contribution in [3.05, 3.63) is 64.2 Å². The fraction of sp³-hybridized carbons (Fsp3) is 0.125. The van der Waals surface area contributed by atoms with Crippen LogP contribution in [-0.4, -0.2) is 24.1 Å². The van der Waals surface area contributed by atoms with Crippen molar-refractivity contribution >= 4 is 43.4 Å². The molecule has 0 spiro atoms. The lowest BCUT2D eigenvalue weighted by atomic mass is 10.3. The van der Waals surface area contributed by atoms with Crippen LogP contribution < -0.4 is 5.49 Å². The molecule has 8 heteroatoms. The monoisotopic (exact) mass is 423 g/mol. The van der Waals surface area contributed by atoms with Gasteiger partial charge in [-0.1, -0.05) is 18.2 Å². The highest BCUT2D eigenvalue weighted by molar-refractivity contribution is 9.10. The van der Waals surface area contributed by atoms with Gasteiger partial charge in [-0.05, 0) is 52.9 Å². The van der Waals surface area contributed by atoms with Crippen LogP contribution in [0, 0.1) is 6.92 Å². The summed E-state index contributed by atoms with van der Waals surface area (Å²) in [4.78, 5) is 4.71. The van der Waals surface area contributed by atoms with Crippen molar-refractivity contribution in [3.63, 3.8) is 0 Å². The summed E-state index contributed by atoms with van der Waals surface area (Å²) < 4.78 is 31.7. The summed E-state index contributed by atoms with van der Waals surface area (Å²) in [5.74, 6) is 0. The number of nitrogens with zero attached hydrogens (tertiary/aromatic N) is 3. The van der Waals surface area contributed by atoms with E-state index in [9.17, 15) is 8.42 Å². The molecule has 0 N–H and O–H groups in total. The molecule has 2 aromatic heterocycles. The minimum absolute atomic E-state index is 0.160. The molecule has 5 nitrogen and oxygen atoms in total. The molecule has 2 heterocycles. The fourth-order valence-electron chi connectivity index (χ4n) is 2.26. The number of sulfonamides is 1. The number of benzene rings is 1. The highest BCUT2D eigenvalue weighted by atomic mass is 79.9. The number of rotatable bonds is 3. The second-order valence-electron chi connectivity index (χ2n) is 5.07. The number of pyridine rings is 1. The zero-order valence-corrected chi connectivity index (χ0v) is 16.2. The van der Waals surface area contributed by atoms with Gasteiger partial charge in [-0.25, -0.2) is 4.98 Å². The Labute approximate surface area is 152 Å². The van der Waals surface area contributed by atoms with Gasteiger partial charge in [0.05, 0.1) is 4.90 Å². The van der Waals surface area contributed by atoms with Gasteiger partial charge in [0, 0.05) is 16.7 Å². The Kier molecular flexibility index (Phi) is 4.80. The summed E-state index contributed by atoms with van der Waals surface area (Å²) in [5.41, 5.74) is 1.92. The number of halogens is 1. The van der Waals surface area contributed by atoms with E-state index < -0.39 is 10.0 Å². The smallest absolute Gasteiger partial charge is 0.284 e. The molecule has 0 bridgehead atoms. The highest BCUT2D eigenvalue weighted by Gasteiger charge is 2.13. The van der Waals surface area contributed by atoms with Crippen molar-refractivity contribution in [2.45, 2.75) is 16.8 Å². The lowest BCUT2D eigenvalue weighted by Crippen LogP contribution is -2.19. The Morgan fingerprint density at radius 3 is 2.58 bits per heavy atom. The van der Waals surface area contributed by atoms with E-state index in [1.807, 2.05) is 19.2 Å². The summed E-state index contributed by atoms with van der Waals surface area (Å²) in [7, 11) is -3.80. The Balaban J connectivity index is 2.37. The van der Waals surface area contributed by atoms with Crippen LogP contribution in [0.15, 0.2) is 67.5 Å². The van der Waals surface area contributed by atoms with E-state index in [0.717, 1.165) is 10.0 Å². The standard InChI is InChI=1S/C16H14BrN3O2S2/c1-11-8-12(17)10-20-14(9-15(23-2)18-16(11)20)19-24(21,22)13-6-4-3-5-7-13/h3-10H,1-2H3. The van der Waals surface area contributed by atoms with E-state index in [2.05, 4.69) is 25.3 Å². The fourth-order valence-corrected chi connectivity index (χ4v) is 4.20. The van der Waals surface area contributed by atoms with Crippen LogP contribution in [0.5, 0.6) is 0 Å². The van der Waals surface area contributed by atoms with Crippen LogP contribution in [0.1, 0.15) is 5.56 Å². The van der Waals surface area contributed by atoms with Crippen molar-refractivity contribution < 1.29 is 8.42 Å². The lowest BCUT2D eigenvalue weighted by molar-refractivity contribution is 0.596. The first-order chi connectivity index (χ1) is 11.4. The molecule has 0 aliphatic heterocycles. The minimum atomic E-state index is -3.80. The van der Waals surface area contributed by atoms with Gasteiger partial charge < -0.3 is 0 Å². The molecule has 3 rings (SSSR count). The molecule has 0 aliphatic carbocycles. The maximum absolute atomic E-state index is 12.6. The number of aromatic nitrogens is 2. The summed E-state index contributed by atoms with van der Waals surface area (Å²) in [5, 5.41) is 0.711. The van der Waals surface area contributed by atoms with Crippen molar-refractivity contribution in [2.24, 2.45) is 4.40 Å². The third-order valence-electron chi connectivity index (χ3n) is 3.37. The molecule has 0 fully saturated rings. The quantitative estimate of drug-likeness (QED) is 0.478. The van der Waals surface area contributed by atoms with Gasteiger partial charge in [0.15, 0.2) is 5.49 Å². The lowest BCUT2D eigenvalue weighted by Gasteiger charge is -2.08. The first-order valence-electron chi connectivity index (χ1n) is 7.00. The van der Waals surface area contributed by atoms with Gasteiger partial charge >= 0.3 is 0 Å². The Morgan fingerprint density at radius 2 is 1.92 bits per heavy atom. The van der Waals surface area contributed by atoms with Crippen LogP contribution in [0.25, 0.3) is 5.65 Å². The molecule has 1 aromatic carbocycles. The molecular weight excluding hydrogens is 410 g/mol. The molecular formula is C16H14BrN3O2S2. The summed E-state index contributed by atoms with van der Waals surface area (Å²) in [6, 6.07) is 11.8. The van der Waals surface area contributed by atoms with Crippen LogP contribution in [0.2, 0.25) is 0 Å². The summed E-state index contributed by atoms with van der Waals surface area (Å²) >= 11 is 4.87. The molecule has 0 saturated heterocycles. The second kappa shape index (κ2) is 6.70. The maximum atomic E-state index is 12.6. The molecule has 0 unspecified atom stereocenters. The van der Waals surface area contributed by atoms with Gasteiger partial charge in [-0.15, -0.1) is 16.2 Å². The third kappa shape index (κ3) is 3.40. The predicted molar refractivity (Wildman–Crippen MR) is 98.6 cm³/mol. The average molecular weight is 424 g/mol. The predicted octanol–water partition coefficient (Wildman–Crippen LogP) is 3.42. The number of thioether (sulfide) groups is 1. The molecule has 3 aromatic rings. The van der Waals surface area contributed by atoms with Gasteiger partial charge in [-0.3, -0.25) is 4.40 Å². The zero-order valence-electron chi connectivity index (χ0n) is 13.0.